The summed E-state index contributed by atoms with van der Waals surface area (Å²) in [7, 11) is 0. The second-order valence-corrected chi connectivity index (χ2v) is 7.35. The van der Waals surface area contributed by atoms with Crippen LogP contribution in [0.5, 0.6) is 0 Å². The molecule has 0 aliphatic rings. The fourth-order valence-corrected chi connectivity index (χ4v) is 3.74. The van der Waals surface area contributed by atoms with Gasteiger partial charge in [-0.2, -0.15) is 0 Å². The summed E-state index contributed by atoms with van der Waals surface area (Å²) in [5.74, 6) is 12.6. The number of thiazole rings is 2. The third-order valence-corrected chi connectivity index (χ3v) is 5.37. The predicted molar refractivity (Wildman–Crippen MR) is 108 cm³/mol. The average Bonchev–Trinajstić information content (AvgIpc) is 3.36. The Morgan fingerprint density at radius 1 is 0.538 bits per heavy atom. The van der Waals surface area contributed by atoms with Crippen molar-refractivity contribution in [2.75, 3.05) is 0 Å². The first-order chi connectivity index (χ1) is 12.9. The minimum absolute atomic E-state index is 0.875. The van der Waals surface area contributed by atoms with Crippen molar-refractivity contribution in [3.63, 3.8) is 0 Å². The number of hydrogen-bond acceptors (Lipinski definition) is 4. The maximum Gasteiger partial charge on any atom is 0.153 e. The van der Waals surface area contributed by atoms with Gasteiger partial charge in [0.25, 0.3) is 0 Å². The normalized spacial score (nSPS) is 9.69. The van der Waals surface area contributed by atoms with Gasteiger partial charge in [-0.1, -0.05) is 48.2 Å². The van der Waals surface area contributed by atoms with E-state index in [1.807, 2.05) is 60.7 Å². The zero-order valence-corrected chi connectivity index (χ0v) is 15.3. The van der Waals surface area contributed by atoms with Gasteiger partial charge < -0.3 is 0 Å². The predicted octanol–water partition coefficient (Wildman–Crippen LogP) is 5.07. The zero-order valence-electron chi connectivity index (χ0n) is 13.6. The molecule has 0 unspecified atom stereocenters. The highest BCUT2D eigenvalue weighted by atomic mass is 32.1. The Morgan fingerprint density at radius 2 is 0.962 bits per heavy atom. The van der Waals surface area contributed by atoms with Crippen molar-refractivity contribution in [2.24, 2.45) is 0 Å². The number of aromatic nitrogens is 2. The summed E-state index contributed by atoms with van der Waals surface area (Å²) >= 11 is 3.10. The maximum absolute atomic E-state index is 4.45. The standard InChI is InChI=1S/C22H12N2S2/c1-3-7-17(8-4-1)11-13-19-15-23-21(25-19)22-24-16-20(26-22)14-12-18-9-5-2-6-10-18/h1-10,15-16H. The first-order valence-electron chi connectivity index (χ1n) is 7.93. The molecule has 0 atom stereocenters. The van der Waals surface area contributed by atoms with Gasteiger partial charge in [0.1, 0.15) is 0 Å². The van der Waals surface area contributed by atoms with Crippen LogP contribution in [0.15, 0.2) is 73.1 Å². The molecule has 4 rings (SSSR count). The molecule has 0 fully saturated rings. The van der Waals surface area contributed by atoms with Crippen molar-refractivity contribution >= 4 is 22.7 Å². The second-order valence-electron chi connectivity index (χ2n) is 5.29. The van der Waals surface area contributed by atoms with E-state index in [9.17, 15) is 0 Å². The molecule has 2 nitrogen and oxygen atoms in total. The van der Waals surface area contributed by atoms with E-state index < -0.39 is 0 Å². The lowest BCUT2D eigenvalue weighted by atomic mass is 10.2. The molecule has 0 aliphatic heterocycles. The number of rotatable bonds is 1. The monoisotopic (exact) mass is 368 g/mol. The van der Waals surface area contributed by atoms with E-state index in [1.54, 1.807) is 35.1 Å². The lowest BCUT2D eigenvalue weighted by Gasteiger charge is -1.86. The van der Waals surface area contributed by atoms with E-state index in [2.05, 4.69) is 33.6 Å². The van der Waals surface area contributed by atoms with Crippen LogP contribution in [-0.4, -0.2) is 9.97 Å². The summed E-state index contributed by atoms with van der Waals surface area (Å²) in [4.78, 5) is 10.7. The van der Waals surface area contributed by atoms with Gasteiger partial charge in [-0.05, 0) is 36.1 Å². The van der Waals surface area contributed by atoms with Gasteiger partial charge in [-0.25, -0.2) is 9.97 Å². The summed E-state index contributed by atoms with van der Waals surface area (Å²) in [6, 6.07) is 19.9. The molecule has 122 valence electrons. The zero-order chi connectivity index (χ0) is 17.6. The molecule has 2 aromatic heterocycles. The van der Waals surface area contributed by atoms with E-state index in [-0.39, 0.29) is 0 Å². The quantitative estimate of drug-likeness (QED) is 0.439. The van der Waals surface area contributed by atoms with Gasteiger partial charge in [-0.15, -0.1) is 22.7 Å². The largest absolute Gasteiger partial charge is 0.241 e. The molecule has 0 N–H and O–H groups in total. The van der Waals surface area contributed by atoms with Gasteiger partial charge in [0.2, 0.25) is 0 Å². The fourth-order valence-electron chi connectivity index (χ4n) is 2.17. The summed E-state index contributed by atoms with van der Waals surface area (Å²) in [6.07, 6.45) is 3.60. The highest BCUT2D eigenvalue weighted by Crippen LogP contribution is 2.28. The highest BCUT2D eigenvalue weighted by molar-refractivity contribution is 7.21. The van der Waals surface area contributed by atoms with Crippen LogP contribution >= 0.6 is 22.7 Å². The summed E-state index contributed by atoms with van der Waals surface area (Å²) in [5.41, 5.74) is 1.99. The van der Waals surface area contributed by atoms with E-state index in [0.717, 1.165) is 30.9 Å². The smallest absolute Gasteiger partial charge is 0.153 e. The molecule has 4 aromatic rings. The molecule has 0 saturated carbocycles. The molecule has 0 saturated heterocycles. The third-order valence-electron chi connectivity index (χ3n) is 3.40. The molecule has 2 heterocycles. The molecule has 0 aliphatic carbocycles. The van der Waals surface area contributed by atoms with Crippen LogP contribution < -0.4 is 0 Å². The van der Waals surface area contributed by atoms with Gasteiger partial charge >= 0.3 is 0 Å². The van der Waals surface area contributed by atoms with Crippen LogP contribution in [0.2, 0.25) is 0 Å². The van der Waals surface area contributed by atoms with Crippen molar-refractivity contribution in [2.45, 2.75) is 0 Å². The van der Waals surface area contributed by atoms with Crippen LogP contribution in [-0.2, 0) is 0 Å². The third kappa shape index (κ3) is 4.07. The Morgan fingerprint density at radius 3 is 1.38 bits per heavy atom. The first-order valence-corrected chi connectivity index (χ1v) is 9.56. The maximum atomic E-state index is 4.45. The van der Waals surface area contributed by atoms with Crippen LogP contribution in [0.4, 0.5) is 0 Å². The average molecular weight is 368 g/mol. The fraction of sp³-hybridized carbons (Fsp3) is 0. The van der Waals surface area contributed by atoms with Crippen molar-refractivity contribution in [3.8, 4) is 33.7 Å². The lowest BCUT2D eigenvalue weighted by molar-refractivity contribution is 1.35. The van der Waals surface area contributed by atoms with Gasteiger partial charge in [-0.3, -0.25) is 0 Å². The topological polar surface area (TPSA) is 25.8 Å². The van der Waals surface area contributed by atoms with E-state index in [0.29, 0.717) is 0 Å². The lowest BCUT2D eigenvalue weighted by Crippen LogP contribution is -1.70. The molecule has 4 heteroatoms. The molecule has 0 spiro atoms. The summed E-state index contributed by atoms with van der Waals surface area (Å²) < 4.78 is 0. The van der Waals surface area contributed by atoms with Crippen molar-refractivity contribution in [3.05, 3.63) is 93.9 Å². The number of benzene rings is 2. The van der Waals surface area contributed by atoms with Crippen LogP contribution in [0.1, 0.15) is 20.9 Å². The van der Waals surface area contributed by atoms with Crippen LogP contribution in [0.25, 0.3) is 10.0 Å². The van der Waals surface area contributed by atoms with E-state index >= 15 is 0 Å². The Labute approximate surface area is 160 Å². The van der Waals surface area contributed by atoms with Crippen molar-refractivity contribution in [1.29, 1.82) is 0 Å². The van der Waals surface area contributed by atoms with Crippen LogP contribution in [0, 0.1) is 23.7 Å². The minimum atomic E-state index is 0.875. The molecule has 2 aromatic carbocycles. The molecule has 0 bridgehead atoms. The molecule has 0 radical (unpaired) electrons. The van der Waals surface area contributed by atoms with Gasteiger partial charge in [0.15, 0.2) is 10.0 Å². The van der Waals surface area contributed by atoms with E-state index in [1.165, 1.54) is 0 Å². The Balaban J connectivity index is 1.51. The number of nitrogens with zero attached hydrogens (tertiary/aromatic N) is 2. The van der Waals surface area contributed by atoms with E-state index in [4.69, 9.17) is 0 Å². The summed E-state index contributed by atoms with van der Waals surface area (Å²) in [5, 5.41) is 1.75. The first kappa shape index (κ1) is 16.3. The Hall–Kier alpha value is -3.18. The molecular weight excluding hydrogens is 356 g/mol. The molecule has 26 heavy (non-hydrogen) atoms. The summed E-state index contributed by atoms with van der Waals surface area (Å²) in [6.45, 7) is 0. The SMILES string of the molecule is C(#Cc1cnc(-c2ncc(C#Cc3ccccc3)s2)s1)c1ccccc1. The minimum Gasteiger partial charge on any atom is -0.241 e. The molecular formula is C22H12N2S2. The highest BCUT2D eigenvalue weighted by Gasteiger charge is 2.08. The van der Waals surface area contributed by atoms with Gasteiger partial charge in [0, 0.05) is 11.1 Å². The van der Waals surface area contributed by atoms with Crippen LogP contribution in [0.3, 0.4) is 0 Å². The second kappa shape index (κ2) is 7.80. The number of hydrogen-bond donors (Lipinski definition) is 0. The Kier molecular flexibility index (Phi) is 4.89. The van der Waals surface area contributed by atoms with Gasteiger partial charge in [0.05, 0.1) is 22.1 Å². The molecule has 0 amide bonds. The Bertz CT molecular complexity index is 1040. The van der Waals surface area contributed by atoms with Crippen molar-refractivity contribution < 1.29 is 0 Å². The van der Waals surface area contributed by atoms with Crippen molar-refractivity contribution in [1.82, 2.24) is 9.97 Å².